The number of para-hydroxylation sites is 1. The topological polar surface area (TPSA) is 71.0 Å². The number of aryl methyl sites for hydroxylation is 1. The SMILES string of the molecule is CN1CCN(CCCn2c3ccccc3c3cc(C(=O)NCCNCCc4ccc5c(c4)OCO5)ccc32)CC1. The van der Waals surface area contributed by atoms with Crippen molar-refractivity contribution < 1.29 is 14.3 Å². The summed E-state index contributed by atoms with van der Waals surface area (Å²) in [6.07, 6.45) is 2.00. The Morgan fingerprint density at radius 2 is 1.65 bits per heavy atom. The number of carbonyl (C=O) groups is 1. The molecule has 0 atom stereocenters. The number of nitrogens with one attached hydrogen (secondary N) is 2. The van der Waals surface area contributed by atoms with Gasteiger partial charge in [0, 0.05) is 73.2 Å². The van der Waals surface area contributed by atoms with Gasteiger partial charge in [0.2, 0.25) is 6.79 Å². The quantitative estimate of drug-likeness (QED) is 0.282. The first-order valence-corrected chi connectivity index (χ1v) is 14.4. The summed E-state index contributed by atoms with van der Waals surface area (Å²) in [6.45, 7) is 9.10. The summed E-state index contributed by atoms with van der Waals surface area (Å²) in [4.78, 5) is 18.0. The van der Waals surface area contributed by atoms with Gasteiger partial charge in [0.15, 0.2) is 11.5 Å². The average Bonchev–Trinajstić information content (AvgIpc) is 3.58. The summed E-state index contributed by atoms with van der Waals surface area (Å²) < 4.78 is 13.2. The number of piperazine rings is 1. The van der Waals surface area contributed by atoms with Gasteiger partial charge in [-0.2, -0.15) is 0 Å². The number of amides is 1. The van der Waals surface area contributed by atoms with Crippen LogP contribution in [-0.2, 0) is 13.0 Å². The Morgan fingerprint density at radius 3 is 2.55 bits per heavy atom. The maximum absolute atomic E-state index is 13.0. The molecule has 8 nitrogen and oxygen atoms in total. The Labute approximate surface area is 235 Å². The van der Waals surface area contributed by atoms with Crippen molar-refractivity contribution in [2.24, 2.45) is 0 Å². The van der Waals surface area contributed by atoms with Gasteiger partial charge >= 0.3 is 0 Å². The van der Waals surface area contributed by atoms with Crippen LogP contribution in [0.2, 0.25) is 0 Å². The second-order valence-corrected chi connectivity index (χ2v) is 10.8. The fourth-order valence-corrected chi connectivity index (χ4v) is 5.78. The molecule has 4 aromatic rings. The number of nitrogens with zero attached hydrogens (tertiary/aromatic N) is 3. The molecule has 40 heavy (non-hydrogen) atoms. The van der Waals surface area contributed by atoms with Gasteiger partial charge in [0.25, 0.3) is 5.91 Å². The Balaban J connectivity index is 1.02. The zero-order chi connectivity index (χ0) is 27.3. The molecule has 1 saturated heterocycles. The minimum absolute atomic E-state index is 0.0358. The Hall–Kier alpha value is -3.59. The molecular weight excluding hydrogens is 502 g/mol. The van der Waals surface area contributed by atoms with Crippen LogP contribution in [0.25, 0.3) is 21.8 Å². The number of aromatic nitrogens is 1. The van der Waals surface area contributed by atoms with E-state index in [9.17, 15) is 4.79 Å². The van der Waals surface area contributed by atoms with E-state index in [1.54, 1.807) is 0 Å². The number of hydrogen-bond donors (Lipinski definition) is 2. The molecule has 1 aromatic heterocycles. The second kappa shape index (κ2) is 12.3. The van der Waals surface area contributed by atoms with E-state index in [4.69, 9.17) is 9.47 Å². The molecule has 0 bridgehead atoms. The molecule has 2 N–H and O–H groups in total. The molecule has 1 amide bonds. The largest absolute Gasteiger partial charge is 0.454 e. The van der Waals surface area contributed by atoms with E-state index in [1.165, 1.54) is 22.0 Å². The van der Waals surface area contributed by atoms with Crippen LogP contribution >= 0.6 is 0 Å². The number of likely N-dealkylation sites (N-methyl/N-ethyl adjacent to an activating group) is 1. The van der Waals surface area contributed by atoms with E-state index in [0.717, 1.165) is 75.5 Å². The lowest BCUT2D eigenvalue weighted by Gasteiger charge is -2.32. The number of ether oxygens (including phenoxy) is 2. The van der Waals surface area contributed by atoms with Crippen molar-refractivity contribution in [3.8, 4) is 11.5 Å². The zero-order valence-electron chi connectivity index (χ0n) is 23.3. The molecule has 1 fully saturated rings. The summed E-state index contributed by atoms with van der Waals surface area (Å²) in [7, 11) is 2.20. The number of fused-ring (bicyclic) bond motifs is 4. The van der Waals surface area contributed by atoms with Crippen molar-refractivity contribution >= 4 is 27.7 Å². The lowest BCUT2D eigenvalue weighted by molar-refractivity contribution is 0.0954. The first-order valence-electron chi connectivity index (χ1n) is 14.4. The van der Waals surface area contributed by atoms with Crippen molar-refractivity contribution in [1.82, 2.24) is 25.0 Å². The van der Waals surface area contributed by atoms with Crippen LogP contribution in [-0.4, -0.2) is 86.5 Å². The van der Waals surface area contributed by atoms with Crippen molar-refractivity contribution in [1.29, 1.82) is 0 Å². The van der Waals surface area contributed by atoms with Crippen molar-refractivity contribution in [2.45, 2.75) is 19.4 Å². The second-order valence-electron chi connectivity index (χ2n) is 10.8. The van der Waals surface area contributed by atoms with Crippen LogP contribution in [0.1, 0.15) is 22.3 Å². The maximum atomic E-state index is 13.0. The minimum atomic E-state index is -0.0358. The van der Waals surface area contributed by atoms with Gasteiger partial charge in [-0.1, -0.05) is 24.3 Å². The molecule has 6 rings (SSSR count). The smallest absolute Gasteiger partial charge is 0.251 e. The molecular formula is C32H39N5O3. The van der Waals surface area contributed by atoms with E-state index >= 15 is 0 Å². The fraction of sp³-hybridized carbons (Fsp3) is 0.406. The van der Waals surface area contributed by atoms with Crippen molar-refractivity contribution in [2.75, 3.05) is 66.2 Å². The minimum Gasteiger partial charge on any atom is -0.454 e. The van der Waals surface area contributed by atoms with Crippen molar-refractivity contribution in [3.05, 3.63) is 71.8 Å². The Kier molecular flexibility index (Phi) is 8.18. The van der Waals surface area contributed by atoms with Crippen LogP contribution in [0.4, 0.5) is 0 Å². The lowest BCUT2D eigenvalue weighted by atomic mass is 10.1. The summed E-state index contributed by atoms with van der Waals surface area (Å²) in [6, 6.07) is 20.7. The molecule has 8 heteroatoms. The number of hydrogen-bond acceptors (Lipinski definition) is 6. The summed E-state index contributed by atoms with van der Waals surface area (Å²) in [5.74, 6) is 1.59. The molecule has 2 aliphatic heterocycles. The van der Waals surface area contributed by atoms with Crippen LogP contribution < -0.4 is 20.1 Å². The van der Waals surface area contributed by atoms with Crippen LogP contribution in [0.5, 0.6) is 11.5 Å². The first-order chi connectivity index (χ1) is 19.7. The highest BCUT2D eigenvalue weighted by molar-refractivity contribution is 6.10. The first kappa shape index (κ1) is 26.6. The van der Waals surface area contributed by atoms with Gasteiger partial charge in [0.1, 0.15) is 0 Å². The highest BCUT2D eigenvalue weighted by atomic mass is 16.7. The predicted molar refractivity (Wildman–Crippen MR) is 159 cm³/mol. The van der Waals surface area contributed by atoms with Gasteiger partial charge in [-0.25, -0.2) is 0 Å². The third-order valence-corrected chi connectivity index (χ3v) is 8.10. The van der Waals surface area contributed by atoms with Crippen LogP contribution in [0.3, 0.4) is 0 Å². The van der Waals surface area contributed by atoms with Crippen molar-refractivity contribution in [3.63, 3.8) is 0 Å². The van der Waals surface area contributed by atoms with E-state index in [2.05, 4.69) is 74.5 Å². The molecule has 0 spiro atoms. The average molecular weight is 542 g/mol. The van der Waals surface area contributed by atoms with E-state index in [-0.39, 0.29) is 5.91 Å². The third-order valence-electron chi connectivity index (χ3n) is 8.10. The maximum Gasteiger partial charge on any atom is 0.251 e. The fourth-order valence-electron chi connectivity index (χ4n) is 5.78. The molecule has 0 radical (unpaired) electrons. The Bertz CT molecular complexity index is 1470. The molecule has 3 heterocycles. The molecule has 3 aromatic carbocycles. The van der Waals surface area contributed by atoms with Crippen LogP contribution in [0, 0.1) is 0 Å². The van der Waals surface area contributed by atoms with Gasteiger partial charge in [0.05, 0.1) is 0 Å². The Morgan fingerprint density at radius 1 is 0.825 bits per heavy atom. The van der Waals surface area contributed by atoms with Gasteiger partial charge in [-0.3, -0.25) is 4.79 Å². The predicted octanol–water partition coefficient (Wildman–Crippen LogP) is 3.72. The molecule has 0 unspecified atom stereocenters. The zero-order valence-corrected chi connectivity index (χ0v) is 23.3. The summed E-state index contributed by atoms with van der Waals surface area (Å²) >= 11 is 0. The third kappa shape index (κ3) is 5.94. The van der Waals surface area contributed by atoms with Gasteiger partial charge < -0.3 is 34.5 Å². The number of carbonyl (C=O) groups excluding carboxylic acids is 1. The normalized spacial score (nSPS) is 15.7. The van der Waals surface area contributed by atoms with E-state index in [1.807, 2.05) is 18.2 Å². The van der Waals surface area contributed by atoms with E-state index < -0.39 is 0 Å². The monoisotopic (exact) mass is 541 g/mol. The standard InChI is InChI=1S/C32H39N5O3/c1-35-17-19-36(20-18-35)15-4-16-37-28-6-3-2-5-26(28)27-22-25(8-9-29(27)37)32(38)34-14-13-33-12-11-24-7-10-30-31(21-24)40-23-39-30/h2-3,5-10,21-22,33H,4,11-20,23H2,1H3,(H,34,38). The van der Waals surface area contributed by atoms with Gasteiger partial charge in [-0.05, 0) is 74.9 Å². The highest BCUT2D eigenvalue weighted by Gasteiger charge is 2.16. The summed E-state index contributed by atoms with van der Waals surface area (Å²) in [5.41, 5.74) is 4.34. The summed E-state index contributed by atoms with van der Waals surface area (Å²) in [5, 5.41) is 8.83. The van der Waals surface area contributed by atoms with Gasteiger partial charge in [-0.15, -0.1) is 0 Å². The highest BCUT2D eigenvalue weighted by Crippen LogP contribution is 2.32. The lowest BCUT2D eigenvalue weighted by Crippen LogP contribution is -2.44. The molecule has 0 saturated carbocycles. The van der Waals surface area contributed by atoms with Crippen LogP contribution in [0.15, 0.2) is 60.7 Å². The molecule has 210 valence electrons. The molecule has 0 aliphatic carbocycles. The van der Waals surface area contributed by atoms with E-state index in [0.29, 0.717) is 25.4 Å². The number of benzene rings is 3. The molecule has 2 aliphatic rings. The number of rotatable bonds is 11.